The first-order valence-corrected chi connectivity index (χ1v) is 11.0. The second kappa shape index (κ2) is 8.70. The Balaban J connectivity index is 1.54. The van der Waals surface area contributed by atoms with Crippen LogP contribution in [0.2, 0.25) is 0 Å². The van der Waals surface area contributed by atoms with Crippen LogP contribution in [0.3, 0.4) is 0 Å². The van der Waals surface area contributed by atoms with Gasteiger partial charge in [-0.25, -0.2) is 12.7 Å². The normalized spacial score (nSPS) is 15.8. The Kier molecular flexibility index (Phi) is 6.28. The molecule has 1 aromatic carbocycles. The maximum atomic E-state index is 12.3. The first-order valence-electron chi connectivity index (χ1n) is 9.16. The molecular weight excluding hydrogens is 398 g/mol. The molecule has 1 fully saturated rings. The van der Waals surface area contributed by atoms with Gasteiger partial charge in [0, 0.05) is 37.2 Å². The topological polar surface area (TPSA) is 134 Å². The average Bonchev–Trinajstić information content (AvgIpc) is 3.14. The monoisotopic (exact) mass is 421 g/mol. The van der Waals surface area contributed by atoms with E-state index in [1.54, 1.807) is 24.3 Å². The van der Waals surface area contributed by atoms with E-state index in [9.17, 15) is 18.0 Å². The summed E-state index contributed by atoms with van der Waals surface area (Å²) < 4.78 is 29.8. The number of sulfonamides is 1. The van der Waals surface area contributed by atoms with Gasteiger partial charge in [-0.05, 0) is 31.0 Å². The molecule has 156 valence electrons. The van der Waals surface area contributed by atoms with Gasteiger partial charge < -0.3 is 15.2 Å². The number of hydrogen-bond acceptors (Lipinski definition) is 7. The quantitative estimate of drug-likeness (QED) is 0.713. The van der Waals surface area contributed by atoms with Crippen molar-refractivity contribution in [3.8, 4) is 0 Å². The van der Waals surface area contributed by atoms with Gasteiger partial charge >= 0.3 is 0 Å². The van der Waals surface area contributed by atoms with Crippen molar-refractivity contribution >= 4 is 27.5 Å². The fraction of sp³-hybridized carbons (Fsp3) is 0.444. The first-order chi connectivity index (χ1) is 13.7. The molecule has 29 heavy (non-hydrogen) atoms. The molecular formula is C18H23N5O5S. The molecule has 10 nitrogen and oxygen atoms in total. The standard InChI is InChI=1S/C18H23N5O5S/c1-12(24)20-15-5-3-4-14(10-15)18(25)19-11-16-21-17(22-28-16)13-6-8-23(9-7-13)29(2,26)27/h3-5,10,13H,6-9,11H2,1-2H3,(H,19,25)(H,20,24). The predicted octanol–water partition coefficient (Wildman–Crippen LogP) is 1.10. The molecule has 3 rings (SSSR count). The van der Waals surface area contributed by atoms with Crippen molar-refractivity contribution in [2.75, 3.05) is 24.7 Å². The van der Waals surface area contributed by atoms with Crippen molar-refractivity contribution in [2.24, 2.45) is 0 Å². The zero-order valence-electron chi connectivity index (χ0n) is 16.2. The Hall–Kier alpha value is -2.79. The van der Waals surface area contributed by atoms with E-state index in [1.165, 1.54) is 17.5 Å². The lowest BCUT2D eigenvalue weighted by Gasteiger charge is -2.28. The Morgan fingerprint density at radius 2 is 2.00 bits per heavy atom. The number of aromatic nitrogens is 2. The summed E-state index contributed by atoms with van der Waals surface area (Å²) in [5, 5.41) is 9.30. The van der Waals surface area contributed by atoms with Crippen molar-refractivity contribution in [1.82, 2.24) is 19.8 Å². The molecule has 0 radical (unpaired) electrons. The number of carbonyl (C=O) groups is 2. The zero-order chi connectivity index (χ0) is 21.0. The highest BCUT2D eigenvalue weighted by Crippen LogP contribution is 2.26. The van der Waals surface area contributed by atoms with Crippen LogP contribution < -0.4 is 10.6 Å². The van der Waals surface area contributed by atoms with Gasteiger partial charge in [0.15, 0.2) is 5.82 Å². The van der Waals surface area contributed by atoms with Gasteiger partial charge in [-0.1, -0.05) is 11.2 Å². The minimum atomic E-state index is -3.18. The molecule has 2 N–H and O–H groups in total. The smallest absolute Gasteiger partial charge is 0.251 e. The summed E-state index contributed by atoms with van der Waals surface area (Å²) in [6, 6.07) is 6.58. The van der Waals surface area contributed by atoms with Gasteiger partial charge in [0.05, 0.1) is 12.8 Å². The van der Waals surface area contributed by atoms with E-state index >= 15 is 0 Å². The van der Waals surface area contributed by atoms with E-state index in [2.05, 4.69) is 20.8 Å². The van der Waals surface area contributed by atoms with Gasteiger partial charge in [0.2, 0.25) is 21.8 Å². The fourth-order valence-electron chi connectivity index (χ4n) is 3.15. The van der Waals surface area contributed by atoms with Gasteiger partial charge in [0.1, 0.15) is 0 Å². The molecule has 1 aliphatic rings. The van der Waals surface area contributed by atoms with Crippen molar-refractivity contribution in [3.63, 3.8) is 0 Å². The second-order valence-corrected chi connectivity index (χ2v) is 8.91. The third-order valence-corrected chi connectivity index (χ3v) is 5.92. The van der Waals surface area contributed by atoms with Gasteiger partial charge in [0.25, 0.3) is 5.91 Å². The predicted molar refractivity (Wildman–Crippen MR) is 105 cm³/mol. The van der Waals surface area contributed by atoms with Crippen LogP contribution in [0.1, 0.15) is 47.8 Å². The van der Waals surface area contributed by atoms with Crippen LogP contribution >= 0.6 is 0 Å². The molecule has 0 unspecified atom stereocenters. The molecule has 2 aromatic rings. The molecule has 0 atom stereocenters. The molecule has 1 aliphatic heterocycles. The highest BCUT2D eigenvalue weighted by molar-refractivity contribution is 7.88. The van der Waals surface area contributed by atoms with Crippen LogP contribution in [-0.2, 0) is 21.4 Å². The Bertz CT molecular complexity index is 996. The summed E-state index contributed by atoms with van der Waals surface area (Å²) in [5.74, 6) is 0.268. The highest BCUT2D eigenvalue weighted by atomic mass is 32.2. The number of amides is 2. The lowest BCUT2D eigenvalue weighted by molar-refractivity contribution is -0.114. The van der Waals surface area contributed by atoms with E-state index in [4.69, 9.17) is 4.52 Å². The number of nitrogens with one attached hydrogen (secondary N) is 2. The van der Waals surface area contributed by atoms with Crippen LogP contribution in [-0.4, -0.2) is 54.0 Å². The van der Waals surface area contributed by atoms with Crippen LogP contribution in [0, 0.1) is 0 Å². The summed E-state index contributed by atoms with van der Waals surface area (Å²) in [7, 11) is -3.18. The second-order valence-electron chi connectivity index (χ2n) is 6.93. The Labute approximate surface area is 168 Å². The third-order valence-electron chi connectivity index (χ3n) is 4.62. The van der Waals surface area contributed by atoms with Gasteiger partial charge in [-0.2, -0.15) is 4.98 Å². The molecule has 0 aliphatic carbocycles. The summed E-state index contributed by atoms with van der Waals surface area (Å²) in [4.78, 5) is 27.8. The Morgan fingerprint density at radius 1 is 1.28 bits per heavy atom. The van der Waals surface area contributed by atoms with Crippen LogP contribution in [0.25, 0.3) is 0 Å². The highest BCUT2D eigenvalue weighted by Gasteiger charge is 2.28. The first kappa shape index (κ1) is 20.9. The molecule has 2 heterocycles. The van der Waals surface area contributed by atoms with Crippen LogP contribution in [0.4, 0.5) is 5.69 Å². The summed E-state index contributed by atoms with van der Waals surface area (Å²) in [6.45, 7) is 2.31. The van der Waals surface area contributed by atoms with E-state index in [0.29, 0.717) is 43.0 Å². The number of carbonyl (C=O) groups excluding carboxylic acids is 2. The number of anilines is 1. The van der Waals surface area contributed by atoms with E-state index in [-0.39, 0.29) is 30.2 Å². The lowest BCUT2D eigenvalue weighted by Crippen LogP contribution is -2.37. The maximum Gasteiger partial charge on any atom is 0.251 e. The van der Waals surface area contributed by atoms with Gasteiger partial charge in [-0.3, -0.25) is 9.59 Å². The van der Waals surface area contributed by atoms with Crippen molar-refractivity contribution in [2.45, 2.75) is 32.2 Å². The molecule has 1 saturated heterocycles. The summed E-state index contributed by atoms with van der Waals surface area (Å²) in [6.07, 6.45) is 2.44. The maximum absolute atomic E-state index is 12.3. The largest absolute Gasteiger partial charge is 0.343 e. The number of benzene rings is 1. The van der Waals surface area contributed by atoms with Crippen molar-refractivity contribution in [3.05, 3.63) is 41.5 Å². The van der Waals surface area contributed by atoms with Crippen LogP contribution in [0.5, 0.6) is 0 Å². The van der Waals surface area contributed by atoms with E-state index in [0.717, 1.165) is 0 Å². The Morgan fingerprint density at radius 3 is 2.66 bits per heavy atom. The molecule has 0 saturated carbocycles. The van der Waals surface area contributed by atoms with Gasteiger partial charge in [-0.15, -0.1) is 0 Å². The number of hydrogen-bond donors (Lipinski definition) is 2. The summed E-state index contributed by atoms with van der Waals surface area (Å²) >= 11 is 0. The van der Waals surface area contributed by atoms with Crippen molar-refractivity contribution in [1.29, 1.82) is 0 Å². The summed E-state index contributed by atoms with van der Waals surface area (Å²) in [5.41, 5.74) is 0.926. The van der Waals surface area contributed by atoms with Crippen LogP contribution in [0.15, 0.2) is 28.8 Å². The zero-order valence-corrected chi connectivity index (χ0v) is 17.0. The molecule has 2 amide bonds. The number of rotatable bonds is 6. The minimum Gasteiger partial charge on any atom is -0.343 e. The molecule has 0 bridgehead atoms. The fourth-order valence-corrected chi connectivity index (χ4v) is 4.02. The number of piperidine rings is 1. The van der Waals surface area contributed by atoms with Crippen molar-refractivity contribution < 1.29 is 22.5 Å². The third kappa shape index (κ3) is 5.61. The average molecular weight is 421 g/mol. The molecule has 11 heteroatoms. The molecule has 0 spiro atoms. The minimum absolute atomic E-state index is 0.0236. The van der Waals surface area contributed by atoms with E-state index < -0.39 is 10.0 Å². The lowest BCUT2D eigenvalue weighted by atomic mass is 9.98. The van der Waals surface area contributed by atoms with E-state index in [1.807, 2.05) is 0 Å². The number of nitrogens with zero attached hydrogens (tertiary/aromatic N) is 3. The molecule has 1 aromatic heterocycles. The SMILES string of the molecule is CC(=O)Nc1cccc(C(=O)NCc2nc(C3CCN(S(C)(=O)=O)CC3)no2)c1.